The molecule has 0 heterocycles. The molecule has 0 saturated carbocycles. The summed E-state index contributed by atoms with van der Waals surface area (Å²) in [7, 11) is 0. The maximum Gasteiger partial charge on any atom is -0.0149 e. The van der Waals surface area contributed by atoms with Gasteiger partial charge in [0.1, 0.15) is 0 Å². The summed E-state index contributed by atoms with van der Waals surface area (Å²) in [6.45, 7) is 12.8. The Morgan fingerprint density at radius 1 is 0.750 bits per heavy atom. The van der Waals surface area contributed by atoms with Gasteiger partial charge in [0.25, 0.3) is 0 Å². The predicted molar refractivity (Wildman–Crippen MR) is 110 cm³/mol. The quantitative estimate of drug-likeness (QED) is 0.457. The standard InChI is InChI=1S/C13H14.C9H12.C2H6/c1-10(2)12-9-5-7-11-6-3-4-8-13(11)12;1-3-9-7-5-4-6-8(9)2;1-2/h3-10H,1-2H3;4-7H,3H2,1-2H3;1-2H3. The van der Waals surface area contributed by atoms with Gasteiger partial charge in [-0.2, -0.15) is 0 Å². The largest absolute Gasteiger partial charge is 0.0683 e. The second kappa shape index (κ2) is 10.6. The van der Waals surface area contributed by atoms with Crippen LogP contribution in [0.15, 0.2) is 66.7 Å². The zero-order valence-electron chi connectivity index (χ0n) is 16.1. The van der Waals surface area contributed by atoms with Gasteiger partial charge in [-0.25, -0.2) is 0 Å². The van der Waals surface area contributed by atoms with Crippen LogP contribution in [0, 0.1) is 6.92 Å². The molecule has 0 heteroatoms. The van der Waals surface area contributed by atoms with Gasteiger partial charge in [-0.05, 0) is 46.7 Å². The van der Waals surface area contributed by atoms with E-state index in [1.807, 2.05) is 13.8 Å². The van der Waals surface area contributed by atoms with Gasteiger partial charge >= 0.3 is 0 Å². The van der Waals surface area contributed by atoms with Crippen molar-refractivity contribution in [3.8, 4) is 0 Å². The Bertz CT molecular complexity index is 717. The summed E-state index contributed by atoms with van der Waals surface area (Å²) < 4.78 is 0. The first-order chi connectivity index (χ1) is 11.6. The number of benzene rings is 3. The van der Waals surface area contributed by atoms with Gasteiger partial charge < -0.3 is 0 Å². The maximum atomic E-state index is 2.24. The minimum atomic E-state index is 0.603. The molecule has 128 valence electrons. The fraction of sp³-hybridized carbons (Fsp3) is 0.333. The summed E-state index contributed by atoms with van der Waals surface area (Å²) in [6, 6.07) is 23.6. The van der Waals surface area contributed by atoms with Gasteiger partial charge in [0.2, 0.25) is 0 Å². The Labute approximate surface area is 148 Å². The van der Waals surface area contributed by atoms with Crippen LogP contribution in [0.3, 0.4) is 0 Å². The van der Waals surface area contributed by atoms with Crippen molar-refractivity contribution in [1.82, 2.24) is 0 Å². The summed E-state index contributed by atoms with van der Waals surface area (Å²) >= 11 is 0. The summed E-state index contributed by atoms with van der Waals surface area (Å²) in [5.41, 5.74) is 4.30. The van der Waals surface area contributed by atoms with Crippen molar-refractivity contribution in [2.75, 3.05) is 0 Å². The lowest BCUT2D eigenvalue weighted by molar-refractivity contribution is 0.876. The molecular weight excluding hydrogens is 288 g/mol. The Morgan fingerprint density at radius 3 is 1.92 bits per heavy atom. The third-order valence-electron chi connectivity index (χ3n) is 4.09. The molecule has 24 heavy (non-hydrogen) atoms. The molecule has 0 aliphatic heterocycles. The van der Waals surface area contributed by atoms with Crippen LogP contribution in [0.5, 0.6) is 0 Å². The normalized spacial score (nSPS) is 9.79. The van der Waals surface area contributed by atoms with Gasteiger partial charge in [-0.3, -0.25) is 0 Å². The van der Waals surface area contributed by atoms with Gasteiger partial charge in [-0.1, -0.05) is 101 Å². The van der Waals surface area contributed by atoms with E-state index in [9.17, 15) is 0 Å². The van der Waals surface area contributed by atoms with Crippen LogP contribution in [-0.2, 0) is 6.42 Å². The molecule has 0 aliphatic carbocycles. The van der Waals surface area contributed by atoms with Crippen LogP contribution < -0.4 is 0 Å². The van der Waals surface area contributed by atoms with E-state index >= 15 is 0 Å². The van der Waals surface area contributed by atoms with Crippen molar-refractivity contribution in [2.24, 2.45) is 0 Å². The zero-order valence-corrected chi connectivity index (χ0v) is 16.1. The molecule has 0 amide bonds. The summed E-state index contributed by atoms with van der Waals surface area (Å²) in [5, 5.41) is 2.73. The van der Waals surface area contributed by atoms with Gasteiger partial charge in [0.15, 0.2) is 0 Å². The van der Waals surface area contributed by atoms with Crippen LogP contribution in [0.1, 0.15) is 57.2 Å². The second-order valence-electron chi connectivity index (χ2n) is 6.00. The highest BCUT2D eigenvalue weighted by molar-refractivity contribution is 5.86. The Hall–Kier alpha value is -2.08. The minimum Gasteiger partial charge on any atom is -0.0683 e. The fourth-order valence-corrected chi connectivity index (χ4v) is 2.76. The minimum absolute atomic E-state index is 0.603. The molecule has 0 unspecified atom stereocenters. The molecule has 0 atom stereocenters. The lowest BCUT2D eigenvalue weighted by Crippen LogP contribution is -1.88. The topological polar surface area (TPSA) is 0 Å². The number of fused-ring (bicyclic) bond motifs is 1. The highest BCUT2D eigenvalue weighted by Crippen LogP contribution is 2.24. The first-order valence-corrected chi connectivity index (χ1v) is 9.15. The van der Waals surface area contributed by atoms with E-state index in [2.05, 4.69) is 94.4 Å². The highest BCUT2D eigenvalue weighted by Gasteiger charge is 2.02. The number of hydrogen-bond donors (Lipinski definition) is 0. The molecule has 0 radical (unpaired) electrons. The monoisotopic (exact) mass is 320 g/mol. The van der Waals surface area contributed by atoms with Gasteiger partial charge in [-0.15, -0.1) is 0 Å². The molecule has 0 fully saturated rings. The molecule has 0 nitrogen and oxygen atoms in total. The lowest BCUT2D eigenvalue weighted by atomic mass is 9.96. The fourth-order valence-electron chi connectivity index (χ4n) is 2.76. The summed E-state index contributed by atoms with van der Waals surface area (Å²) in [5.74, 6) is 0.603. The number of aryl methyl sites for hydroxylation is 2. The molecule has 3 rings (SSSR count). The molecule has 0 saturated heterocycles. The number of hydrogen-bond acceptors (Lipinski definition) is 0. The Kier molecular flexibility index (Phi) is 8.86. The predicted octanol–water partition coefficient (Wildman–Crippen LogP) is 7.55. The van der Waals surface area contributed by atoms with E-state index in [1.165, 1.54) is 27.5 Å². The van der Waals surface area contributed by atoms with Crippen molar-refractivity contribution >= 4 is 10.8 Å². The van der Waals surface area contributed by atoms with Crippen molar-refractivity contribution in [2.45, 2.75) is 53.9 Å². The van der Waals surface area contributed by atoms with Crippen LogP contribution in [0.4, 0.5) is 0 Å². The molecule has 0 N–H and O–H groups in total. The molecular formula is C24H32. The van der Waals surface area contributed by atoms with E-state index in [0.29, 0.717) is 5.92 Å². The van der Waals surface area contributed by atoms with E-state index < -0.39 is 0 Å². The van der Waals surface area contributed by atoms with Crippen molar-refractivity contribution < 1.29 is 0 Å². The SMILES string of the molecule is CC.CC(C)c1cccc2ccccc12.CCc1ccccc1C. The van der Waals surface area contributed by atoms with Crippen LogP contribution in [-0.4, -0.2) is 0 Å². The Morgan fingerprint density at radius 2 is 1.33 bits per heavy atom. The number of rotatable bonds is 2. The first-order valence-electron chi connectivity index (χ1n) is 9.15. The van der Waals surface area contributed by atoms with Crippen molar-refractivity contribution in [3.63, 3.8) is 0 Å². The summed E-state index contributed by atoms with van der Waals surface area (Å²) in [4.78, 5) is 0. The van der Waals surface area contributed by atoms with E-state index in [1.54, 1.807) is 0 Å². The molecule has 0 bridgehead atoms. The average Bonchev–Trinajstić information content (AvgIpc) is 2.64. The molecule has 0 aromatic heterocycles. The average molecular weight is 321 g/mol. The van der Waals surface area contributed by atoms with Crippen LogP contribution >= 0.6 is 0 Å². The van der Waals surface area contributed by atoms with Gasteiger partial charge in [0.05, 0.1) is 0 Å². The van der Waals surface area contributed by atoms with Crippen molar-refractivity contribution in [1.29, 1.82) is 0 Å². The maximum absolute atomic E-state index is 2.24. The lowest BCUT2D eigenvalue weighted by Gasteiger charge is -2.08. The molecule has 0 spiro atoms. The summed E-state index contributed by atoms with van der Waals surface area (Å²) in [6.07, 6.45) is 1.15. The third kappa shape index (κ3) is 5.53. The van der Waals surface area contributed by atoms with E-state index in [0.717, 1.165) is 6.42 Å². The molecule has 3 aromatic rings. The Balaban J connectivity index is 0.000000230. The van der Waals surface area contributed by atoms with Crippen LogP contribution in [0.25, 0.3) is 10.8 Å². The highest BCUT2D eigenvalue weighted by atomic mass is 14.1. The molecule has 3 aromatic carbocycles. The zero-order chi connectivity index (χ0) is 17.9. The van der Waals surface area contributed by atoms with Crippen LogP contribution in [0.2, 0.25) is 0 Å². The van der Waals surface area contributed by atoms with E-state index in [4.69, 9.17) is 0 Å². The molecule has 0 aliphatic rings. The van der Waals surface area contributed by atoms with Gasteiger partial charge in [0, 0.05) is 0 Å². The first kappa shape index (κ1) is 20.0. The smallest absolute Gasteiger partial charge is 0.0149 e. The van der Waals surface area contributed by atoms with E-state index in [-0.39, 0.29) is 0 Å². The third-order valence-corrected chi connectivity index (χ3v) is 4.09. The second-order valence-corrected chi connectivity index (χ2v) is 6.00. The van der Waals surface area contributed by atoms with Crippen molar-refractivity contribution in [3.05, 3.63) is 83.4 Å².